The number of phenols is 2. The van der Waals surface area contributed by atoms with Gasteiger partial charge in [-0.3, -0.25) is 4.79 Å². The largest absolute Gasteiger partial charge is 0.508 e. The maximum absolute atomic E-state index is 12.7. The Morgan fingerprint density at radius 3 is 2.72 bits per heavy atom. The van der Waals surface area contributed by atoms with Crippen LogP contribution in [-0.2, 0) is 4.79 Å². The van der Waals surface area contributed by atoms with E-state index in [9.17, 15) is 19.8 Å². The molecule has 1 aromatic carbocycles. The first-order valence-electron chi connectivity index (χ1n) is 7.65. The Kier molecular flexibility index (Phi) is 4.40. The van der Waals surface area contributed by atoms with Crippen LogP contribution in [0.15, 0.2) is 36.5 Å². The summed E-state index contributed by atoms with van der Waals surface area (Å²) in [4.78, 5) is 28.5. The Labute approximate surface area is 148 Å². The van der Waals surface area contributed by atoms with Gasteiger partial charge in [-0.15, -0.1) is 0 Å². The molecule has 2 unspecified atom stereocenters. The zero-order valence-electron chi connectivity index (χ0n) is 13.5. The molecule has 2 atom stereocenters. The minimum Gasteiger partial charge on any atom is -0.508 e. The number of rotatable bonds is 3. The van der Waals surface area contributed by atoms with Crippen molar-refractivity contribution >= 4 is 29.4 Å². The van der Waals surface area contributed by atoms with Crippen molar-refractivity contribution in [2.75, 3.05) is 12.3 Å². The van der Waals surface area contributed by atoms with Crippen LogP contribution in [0.5, 0.6) is 11.5 Å². The van der Waals surface area contributed by atoms with Crippen LogP contribution in [0.3, 0.4) is 0 Å². The molecule has 2 aromatic rings. The van der Waals surface area contributed by atoms with Gasteiger partial charge < -0.3 is 15.9 Å². The molecule has 25 heavy (non-hydrogen) atoms. The van der Waals surface area contributed by atoms with Crippen molar-refractivity contribution in [3.05, 3.63) is 47.7 Å². The van der Waals surface area contributed by atoms with E-state index in [2.05, 4.69) is 4.98 Å². The second-order valence-electron chi connectivity index (χ2n) is 5.84. The first-order chi connectivity index (χ1) is 11.9. The van der Waals surface area contributed by atoms with Gasteiger partial charge in [-0.2, -0.15) is 4.48 Å². The second kappa shape index (κ2) is 6.38. The molecule has 0 radical (unpaired) electrons. The molecule has 2 amide bonds. The Bertz CT molecular complexity index is 858. The lowest BCUT2D eigenvalue weighted by Gasteiger charge is -2.34. The highest BCUT2D eigenvalue weighted by Crippen LogP contribution is 2.50. The highest BCUT2D eigenvalue weighted by atomic mass is 32.2. The lowest BCUT2D eigenvalue weighted by Crippen LogP contribution is -2.52. The van der Waals surface area contributed by atoms with Gasteiger partial charge in [0.25, 0.3) is 0 Å². The summed E-state index contributed by atoms with van der Waals surface area (Å²) in [6, 6.07) is 7.24. The standard InChI is InChI=1S/C17H17N3O4S/c1-10(21)20(15-8-11(16(18)24)4-5-19-15)6-7-25-17(20)13-9-12(22)2-3-14(13)23/h2-5,8-9,17H,6-7H2,1H3,(H3-,18,19,22,23,24)/p+1. The van der Waals surface area contributed by atoms with Crippen LogP contribution in [0, 0.1) is 0 Å². The van der Waals surface area contributed by atoms with Crippen LogP contribution in [0.4, 0.5) is 5.82 Å². The maximum Gasteiger partial charge on any atom is 0.318 e. The van der Waals surface area contributed by atoms with E-state index in [4.69, 9.17) is 5.73 Å². The third kappa shape index (κ3) is 2.83. The monoisotopic (exact) mass is 360 g/mol. The quantitative estimate of drug-likeness (QED) is 0.569. The number of thioether (sulfide) groups is 1. The average molecular weight is 360 g/mol. The van der Waals surface area contributed by atoms with Crippen LogP contribution in [0.1, 0.15) is 28.2 Å². The maximum atomic E-state index is 12.7. The van der Waals surface area contributed by atoms with Crippen LogP contribution < -0.4 is 10.2 Å². The number of primary amides is 1. The van der Waals surface area contributed by atoms with Gasteiger partial charge in [0.1, 0.15) is 18.0 Å². The fourth-order valence-corrected chi connectivity index (χ4v) is 4.73. The van der Waals surface area contributed by atoms with E-state index in [-0.39, 0.29) is 27.5 Å². The number of pyridine rings is 1. The molecule has 8 heteroatoms. The Hall–Kier alpha value is -2.58. The molecule has 1 aliphatic heterocycles. The van der Waals surface area contributed by atoms with Crippen molar-refractivity contribution in [1.29, 1.82) is 0 Å². The van der Waals surface area contributed by atoms with Crippen molar-refractivity contribution < 1.29 is 19.8 Å². The summed E-state index contributed by atoms with van der Waals surface area (Å²) in [5.74, 6) is 0.261. The first-order valence-corrected chi connectivity index (χ1v) is 8.70. The molecule has 1 saturated heterocycles. The van der Waals surface area contributed by atoms with Gasteiger partial charge in [0.05, 0.1) is 12.5 Å². The fraction of sp³-hybridized carbons (Fsp3) is 0.235. The number of nitrogens with two attached hydrogens (primary N) is 1. The van der Waals surface area contributed by atoms with Crippen LogP contribution in [0.2, 0.25) is 0 Å². The summed E-state index contributed by atoms with van der Waals surface area (Å²) in [6.45, 7) is 1.91. The predicted octanol–water partition coefficient (Wildman–Crippen LogP) is 1.89. The summed E-state index contributed by atoms with van der Waals surface area (Å²) in [7, 11) is 0. The number of aromatic hydroxyl groups is 2. The van der Waals surface area contributed by atoms with Gasteiger partial charge in [-0.05, 0) is 24.3 Å². The lowest BCUT2D eigenvalue weighted by molar-refractivity contribution is -0.128. The molecule has 1 fully saturated rings. The Balaban J connectivity index is 2.20. The molecule has 0 spiro atoms. The summed E-state index contributed by atoms with van der Waals surface area (Å²) in [6.07, 6.45) is 1.45. The molecule has 0 bridgehead atoms. The Morgan fingerprint density at radius 2 is 2.04 bits per heavy atom. The topological polar surface area (TPSA) is 114 Å². The van der Waals surface area contributed by atoms with Crippen molar-refractivity contribution in [1.82, 2.24) is 9.47 Å². The molecule has 130 valence electrons. The molecule has 2 heterocycles. The van der Waals surface area contributed by atoms with Crippen LogP contribution in [-0.4, -0.2) is 39.3 Å². The molecular weight excluding hydrogens is 342 g/mol. The normalized spacial score (nSPS) is 22.7. The van der Waals surface area contributed by atoms with Gasteiger partial charge >= 0.3 is 5.91 Å². The van der Waals surface area contributed by atoms with Gasteiger partial charge in [0, 0.05) is 23.6 Å². The van der Waals surface area contributed by atoms with E-state index in [0.29, 0.717) is 23.7 Å². The van der Waals surface area contributed by atoms with Gasteiger partial charge in [-0.1, -0.05) is 11.8 Å². The zero-order valence-corrected chi connectivity index (χ0v) is 14.4. The number of benzene rings is 1. The minimum atomic E-state index is -0.603. The number of carbonyl (C=O) groups is 2. The van der Waals surface area contributed by atoms with E-state index in [1.807, 2.05) is 0 Å². The summed E-state index contributed by atoms with van der Waals surface area (Å²) in [5, 5.41) is 19.6. The van der Waals surface area contributed by atoms with Gasteiger partial charge in [0.15, 0.2) is 5.37 Å². The number of phenolic OH excluding ortho intramolecular Hbond substituents is 2. The zero-order chi connectivity index (χ0) is 18.2. The number of amides is 2. The van der Waals surface area contributed by atoms with Crippen LogP contribution >= 0.6 is 11.8 Å². The molecule has 1 aliphatic rings. The lowest BCUT2D eigenvalue weighted by atomic mass is 10.1. The first kappa shape index (κ1) is 17.2. The number of hydrogen-bond donors (Lipinski definition) is 3. The van der Waals surface area contributed by atoms with E-state index in [0.717, 1.165) is 0 Å². The number of aromatic nitrogens is 1. The molecule has 7 nitrogen and oxygen atoms in total. The average Bonchev–Trinajstić information content (AvgIpc) is 3.03. The summed E-state index contributed by atoms with van der Waals surface area (Å²) < 4.78 is -0.164. The number of nitrogens with zero attached hydrogens (tertiary/aromatic N) is 2. The van der Waals surface area contributed by atoms with E-state index in [1.54, 1.807) is 0 Å². The highest BCUT2D eigenvalue weighted by Gasteiger charge is 2.51. The van der Waals surface area contributed by atoms with Crippen LogP contribution in [0.25, 0.3) is 0 Å². The highest BCUT2D eigenvalue weighted by molar-refractivity contribution is 7.99. The molecular formula is C17H18N3O4S+. The van der Waals surface area contributed by atoms with Gasteiger partial charge in [-0.25, -0.2) is 9.78 Å². The Morgan fingerprint density at radius 1 is 1.28 bits per heavy atom. The predicted molar refractivity (Wildman–Crippen MR) is 95.1 cm³/mol. The number of carbonyl (C=O) groups excluding carboxylic acids is 2. The van der Waals surface area contributed by atoms with E-state index < -0.39 is 11.3 Å². The van der Waals surface area contributed by atoms with Crippen molar-refractivity contribution in [2.24, 2.45) is 5.73 Å². The third-order valence-corrected chi connectivity index (χ3v) is 5.75. The molecule has 1 aromatic heterocycles. The SMILES string of the molecule is CC(=O)[N+]1(c2cc(C(N)=O)ccn2)CCSC1c1cc(O)ccc1O. The van der Waals surface area contributed by atoms with E-state index in [1.165, 1.54) is 55.2 Å². The fourth-order valence-electron chi connectivity index (χ4n) is 3.13. The minimum absolute atomic E-state index is 0.000739. The molecule has 3 rings (SSSR count). The van der Waals surface area contributed by atoms with E-state index >= 15 is 0 Å². The summed E-state index contributed by atoms with van der Waals surface area (Å²) >= 11 is 1.49. The second-order valence-corrected chi connectivity index (χ2v) is 7.03. The van der Waals surface area contributed by atoms with Crippen molar-refractivity contribution in [2.45, 2.75) is 12.3 Å². The van der Waals surface area contributed by atoms with Crippen molar-refractivity contribution in [3.8, 4) is 11.5 Å². The molecule has 4 N–H and O–H groups in total. The number of hydrogen-bond acceptors (Lipinski definition) is 6. The molecule has 0 saturated carbocycles. The van der Waals surface area contributed by atoms with Gasteiger partial charge in [0.2, 0.25) is 11.7 Å². The molecule has 0 aliphatic carbocycles. The third-order valence-electron chi connectivity index (χ3n) is 4.40. The van der Waals surface area contributed by atoms with Crippen molar-refractivity contribution in [3.63, 3.8) is 0 Å². The smallest absolute Gasteiger partial charge is 0.318 e. The summed E-state index contributed by atoms with van der Waals surface area (Å²) in [5.41, 5.74) is 6.07. The number of quaternary nitrogens is 1.